The molecule has 1 N–H and O–H groups in total. The number of hydrogen-bond donors (Lipinski definition) is 1. The van der Waals surface area contributed by atoms with E-state index in [1.54, 1.807) is 12.1 Å². The maximum absolute atomic E-state index is 13.0. The Labute approximate surface area is 121 Å². The van der Waals surface area contributed by atoms with Crippen LogP contribution in [0.2, 0.25) is 0 Å². The van der Waals surface area contributed by atoms with Crippen molar-refractivity contribution in [1.29, 1.82) is 0 Å². The van der Waals surface area contributed by atoms with E-state index in [9.17, 15) is 9.18 Å². The van der Waals surface area contributed by atoms with Crippen molar-refractivity contribution in [1.82, 2.24) is 10.2 Å². The lowest BCUT2D eigenvalue weighted by Gasteiger charge is -2.09. The molecule has 3 rings (SSSR count). The van der Waals surface area contributed by atoms with Gasteiger partial charge in [-0.1, -0.05) is 0 Å². The number of esters is 1. The quantitative estimate of drug-likeness (QED) is 0.878. The summed E-state index contributed by atoms with van der Waals surface area (Å²) in [7, 11) is 0. The molecule has 1 fully saturated rings. The first-order valence-electron chi connectivity index (χ1n) is 6.78. The monoisotopic (exact) mass is 290 g/mol. The molecule has 1 aliphatic rings. The molecule has 1 aliphatic heterocycles. The van der Waals surface area contributed by atoms with E-state index in [1.807, 2.05) is 0 Å². The third-order valence-corrected chi connectivity index (χ3v) is 3.47. The van der Waals surface area contributed by atoms with Crippen LogP contribution in [-0.2, 0) is 9.47 Å². The van der Waals surface area contributed by atoms with Gasteiger partial charge in [-0.3, -0.25) is 5.10 Å². The Hall–Kier alpha value is -2.21. The van der Waals surface area contributed by atoms with Gasteiger partial charge in [0.2, 0.25) is 0 Å². The van der Waals surface area contributed by atoms with Gasteiger partial charge in [-0.25, -0.2) is 9.18 Å². The van der Waals surface area contributed by atoms with E-state index in [0.29, 0.717) is 30.0 Å². The van der Waals surface area contributed by atoms with Crippen LogP contribution in [0.15, 0.2) is 30.5 Å². The highest BCUT2D eigenvalue weighted by Gasteiger charge is 2.21. The number of carbonyl (C=O) groups is 1. The molecule has 1 aromatic carbocycles. The van der Waals surface area contributed by atoms with Crippen molar-refractivity contribution < 1.29 is 18.7 Å². The molecule has 1 saturated heterocycles. The molecule has 0 spiro atoms. The second-order valence-electron chi connectivity index (χ2n) is 4.99. The fraction of sp³-hybridized carbons (Fsp3) is 0.333. The van der Waals surface area contributed by atoms with Crippen LogP contribution in [0, 0.1) is 11.7 Å². The lowest BCUT2D eigenvalue weighted by molar-refractivity contribution is 0.0429. The van der Waals surface area contributed by atoms with Crippen LogP contribution < -0.4 is 0 Å². The van der Waals surface area contributed by atoms with E-state index in [4.69, 9.17) is 9.47 Å². The van der Waals surface area contributed by atoms with Crippen LogP contribution in [0.5, 0.6) is 0 Å². The van der Waals surface area contributed by atoms with Crippen LogP contribution in [0.4, 0.5) is 4.39 Å². The number of hydrogen-bond acceptors (Lipinski definition) is 4. The number of H-pyrrole nitrogens is 1. The smallest absolute Gasteiger partial charge is 0.341 e. The Morgan fingerprint density at radius 2 is 2.24 bits per heavy atom. The highest BCUT2D eigenvalue weighted by atomic mass is 19.1. The minimum absolute atomic E-state index is 0.259. The molecule has 21 heavy (non-hydrogen) atoms. The van der Waals surface area contributed by atoms with Crippen molar-refractivity contribution in [2.24, 2.45) is 5.92 Å². The second kappa shape index (κ2) is 6.05. The van der Waals surface area contributed by atoms with Crippen LogP contribution in [-0.4, -0.2) is 36.0 Å². The van der Waals surface area contributed by atoms with E-state index in [1.165, 1.54) is 18.3 Å². The van der Waals surface area contributed by atoms with Gasteiger partial charge in [-0.2, -0.15) is 5.10 Å². The molecule has 1 aromatic heterocycles. The molecule has 2 heterocycles. The number of carbonyl (C=O) groups excluding carboxylic acids is 1. The molecular weight excluding hydrogens is 275 g/mol. The van der Waals surface area contributed by atoms with Crippen LogP contribution in [0.1, 0.15) is 16.8 Å². The molecule has 0 saturated carbocycles. The van der Waals surface area contributed by atoms with Gasteiger partial charge in [-0.05, 0) is 30.7 Å². The maximum atomic E-state index is 13.0. The highest BCUT2D eigenvalue weighted by Crippen LogP contribution is 2.22. The van der Waals surface area contributed by atoms with Crippen molar-refractivity contribution >= 4 is 5.97 Å². The fourth-order valence-electron chi connectivity index (χ4n) is 2.26. The predicted octanol–water partition coefficient (Wildman–Crippen LogP) is 2.41. The molecule has 1 unspecified atom stereocenters. The van der Waals surface area contributed by atoms with Gasteiger partial charge < -0.3 is 9.47 Å². The summed E-state index contributed by atoms with van der Waals surface area (Å²) in [5, 5.41) is 6.63. The van der Waals surface area contributed by atoms with Crippen molar-refractivity contribution in [3.8, 4) is 11.3 Å². The van der Waals surface area contributed by atoms with Crippen molar-refractivity contribution in [3.63, 3.8) is 0 Å². The molecule has 5 nitrogen and oxygen atoms in total. The lowest BCUT2D eigenvalue weighted by Crippen LogP contribution is -2.14. The molecule has 0 radical (unpaired) electrons. The number of benzene rings is 1. The van der Waals surface area contributed by atoms with Gasteiger partial charge in [-0.15, -0.1) is 0 Å². The molecule has 6 heteroatoms. The minimum Gasteiger partial charge on any atom is -0.462 e. The Balaban J connectivity index is 1.72. The SMILES string of the molecule is O=C(OCC1CCOC1)c1cn[nH]c1-c1ccc(F)cc1. The lowest BCUT2D eigenvalue weighted by atomic mass is 10.1. The number of rotatable bonds is 4. The van der Waals surface area contributed by atoms with E-state index >= 15 is 0 Å². The topological polar surface area (TPSA) is 64.2 Å². The van der Waals surface area contributed by atoms with Gasteiger partial charge in [0.15, 0.2) is 0 Å². The summed E-state index contributed by atoms with van der Waals surface area (Å²) in [5.74, 6) is -0.506. The van der Waals surface area contributed by atoms with Gasteiger partial charge in [0.05, 0.1) is 25.1 Å². The van der Waals surface area contributed by atoms with E-state index in [-0.39, 0.29) is 11.7 Å². The van der Waals surface area contributed by atoms with Crippen LogP contribution >= 0.6 is 0 Å². The normalized spacial score (nSPS) is 17.9. The van der Waals surface area contributed by atoms with E-state index in [2.05, 4.69) is 10.2 Å². The Kier molecular flexibility index (Phi) is 3.96. The average Bonchev–Trinajstić information content (AvgIpc) is 3.17. The summed E-state index contributed by atoms with van der Waals surface area (Å²) < 4.78 is 23.5. The third kappa shape index (κ3) is 3.11. The number of aromatic amines is 1. The number of nitrogens with zero attached hydrogens (tertiary/aromatic N) is 1. The molecule has 0 amide bonds. The van der Waals surface area contributed by atoms with Crippen molar-refractivity contribution in [2.45, 2.75) is 6.42 Å². The first-order chi connectivity index (χ1) is 10.2. The highest BCUT2D eigenvalue weighted by molar-refractivity contribution is 5.95. The number of halogens is 1. The van der Waals surface area contributed by atoms with Gasteiger partial charge in [0.1, 0.15) is 11.4 Å². The summed E-state index contributed by atoms with van der Waals surface area (Å²) in [6.45, 7) is 1.69. The van der Waals surface area contributed by atoms with Crippen molar-refractivity contribution in [3.05, 3.63) is 41.8 Å². The molecule has 1 atom stereocenters. The fourth-order valence-corrected chi connectivity index (χ4v) is 2.26. The maximum Gasteiger partial charge on any atom is 0.341 e. The largest absolute Gasteiger partial charge is 0.462 e. The zero-order chi connectivity index (χ0) is 14.7. The number of nitrogens with one attached hydrogen (secondary N) is 1. The average molecular weight is 290 g/mol. The van der Waals surface area contributed by atoms with E-state index in [0.717, 1.165) is 13.0 Å². The molecule has 2 aromatic rings. The standard InChI is InChI=1S/C15H15FN2O3/c16-12-3-1-11(2-4-12)14-13(7-17-18-14)15(19)21-9-10-5-6-20-8-10/h1-4,7,10H,5-6,8-9H2,(H,17,18). The van der Waals surface area contributed by atoms with Crippen LogP contribution in [0.3, 0.4) is 0 Å². The van der Waals surface area contributed by atoms with Crippen molar-refractivity contribution in [2.75, 3.05) is 19.8 Å². The zero-order valence-electron chi connectivity index (χ0n) is 11.3. The molecule has 0 aliphatic carbocycles. The third-order valence-electron chi connectivity index (χ3n) is 3.47. The Bertz CT molecular complexity index is 618. The Morgan fingerprint density at radius 3 is 2.95 bits per heavy atom. The molecular formula is C15H15FN2O3. The minimum atomic E-state index is -0.435. The number of ether oxygens (including phenoxy) is 2. The van der Waals surface area contributed by atoms with Crippen LogP contribution in [0.25, 0.3) is 11.3 Å². The molecule has 0 bridgehead atoms. The number of aromatic nitrogens is 2. The van der Waals surface area contributed by atoms with E-state index < -0.39 is 5.97 Å². The first kappa shape index (κ1) is 13.8. The summed E-state index contributed by atoms with van der Waals surface area (Å²) in [5.41, 5.74) is 1.56. The Morgan fingerprint density at radius 1 is 1.43 bits per heavy atom. The summed E-state index contributed by atoms with van der Waals surface area (Å²) in [6, 6.07) is 5.84. The zero-order valence-corrected chi connectivity index (χ0v) is 11.3. The summed E-state index contributed by atoms with van der Waals surface area (Å²) in [4.78, 5) is 12.1. The second-order valence-corrected chi connectivity index (χ2v) is 4.99. The summed E-state index contributed by atoms with van der Waals surface area (Å²) in [6.07, 6.45) is 2.33. The predicted molar refractivity (Wildman–Crippen MR) is 73.2 cm³/mol. The van der Waals surface area contributed by atoms with Gasteiger partial charge >= 0.3 is 5.97 Å². The van der Waals surface area contributed by atoms with Gasteiger partial charge in [0.25, 0.3) is 0 Å². The molecule has 110 valence electrons. The summed E-state index contributed by atoms with van der Waals surface area (Å²) >= 11 is 0. The van der Waals surface area contributed by atoms with Gasteiger partial charge in [0, 0.05) is 18.1 Å². The first-order valence-corrected chi connectivity index (χ1v) is 6.78.